The highest BCUT2D eigenvalue weighted by Crippen LogP contribution is 2.58. The first kappa shape index (κ1) is 16.5. The number of likely N-dealkylation sites (tertiary alicyclic amines) is 1. The highest BCUT2D eigenvalue weighted by molar-refractivity contribution is 5.95. The van der Waals surface area contributed by atoms with E-state index in [1.54, 1.807) is 41.6 Å². The summed E-state index contributed by atoms with van der Waals surface area (Å²) in [6, 6.07) is 9.12. The van der Waals surface area contributed by atoms with E-state index in [4.69, 9.17) is 0 Å². The molecule has 26 heavy (non-hydrogen) atoms. The summed E-state index contributed by atoms with van der Waals surface area (Å²) < 4.78 is 13.2. The van der Waals surface area contributed by atoms with E-state index < -0.39 is 5.82 Å². The van der Waals surface area contributed by atoms with Gasteiger partial charge in [-0.1, -0.05) is 6.07 Å². The van der Waals surface area contributed by atoms with Crippen molar-refractivity contribution in [2.45, 2.75) is 12.8 Å². The zero-order valence-corrected chi connectivity index (χ0v) is 14.1. The third-order valence-corrected chi connectivity index (χ3v) is 5.18. The van der Waals surface area contributed by atoms with E-state index in [2.05, 4.69) is 15.6 Å². The average Bonchev–Trinajstić information content (AvgIpc) is 3.16. The van der Waals surface area contributed by atoms with E-state index in [0.29, 0.717) is 24.5 Å². The number of pyridine rings is 1. The lowest BCUT2D eigenvalue weighted by Crippen LogP contribution is -2.33. The first-order valence-corrected chi connectivity index (χ1v) is 8.58. The predicted octanol–water partition coefficient (Wildman–Crippen LogP) is 3.10. The van der Waals surface area contributed by atoms with Crippen LogP contribution in [0.5, 0.6) is 0 Å². The molecule has 0 bridgehead atoms. The van der Waals surface area contributed by atoms with Crippen molar-refractivity contribution in [2.75, 3.05) is 23.7 Å². The molecule has 1 saturated carbocycles. The maximum absolute atomic E-state index is 13.2. The minimum atomic E-state index is -0.393. The van der Waals surface area contributed by atoms with Crippen LogP contribution in [-0.2, 0) is 4.79 Å². The van der Waals surface area contributed by atoms with Crippen LogP contribution in [0.15, 0.2) is 48.8 Å². The van der Waals surface area contributed by atoms with Crippen LogP contribution in [0.25, 0.3) is 0 Å². The van der Waals surface area contributed by atoms with Gasteiger partial charge in [0.2, 0.25) is 5.91 Å². The number of carbonyl (C=O) groups is 2. The molecule has 2 heterocycles. The van der Waals surface area contributed by atoms with Crippen LogP contribution in [0.3, 0.4) is 0 Å². The number of benzene rings is 1. The molecule has 2 fully saturated rings. The van der Waals surface area contributed by atoms with Crippen molar-refractivity contribution in [1.29, 1.82) is 0 Å². The number of nitrogens with one attached hydrogen (secondary N) is 2. The Balaban J connectivity index is 1.34. The predicted molar refractivity (Wildman–Crippen MR) is 95.0 cm³/mol. The first-order chi connectivity index (χ1) is 12.6. The van der Waals surface area contributed by atoms with E-state index in [0.717, 1.165) is 12.8 Å². The van der Waals surface area contributed by atoms with Crippen LogP contribution in [-0.4, -0.2) is 34.9 Å². The number of rotatable bonds is 3. The molecule has 6 nitrogen and oxygen atoms in total. The van der Waals surface area contributed by atoms with Gasteiger partial charge in [0.05, 0.1) is 11.9 Å². The number of anilines is 2. The fraction of sp³-hybridized carbons (Fsp3) is 0.316. The standard InChI is InChI=1S/C19H19FN4O2/c20-13-3-1-4-14(9-13)23-18(26)24-8-6-19(12-24)10-16(19)17(25)22-15-5-2-7-21-11-15/h1-5,7,9,11,16H,6,8,10,12H2,(H,22,25)(H,23,26)/t16-,19+/m1/s1. The second kappa shape index (κ2) is 6.40. The van der Waals surface area contributed by atoms with Gasteiger partial charge in [0.25, 0.3) is 0 Å². The van der Waals surface area contributed by atoms with Crippen LogP contribution >= 0.6 is 0 Å². The second-order valence-electron chi connectivity index (χ2n) is 6.96. The lowest BCUT2D eigenvalue weighted by molar-refractivity contribution is -0.118. The smallest absolute Gasteiger partial charge is 0.321 e. The van der Waals surface area contributed by atoms with Crippen LogP contribution in [0.1, 0.15) is 12.8 Å². The van der Waals surface area contributed by atoms with Gasteiger partial charge in [-0.25, -0.2) is 9.18 Å². The number of amides is 3. The van der Waals surface area contributed by atoms with Crippen molar-refractivity contribution in [3.8, 4) is 0 Å². The molecule has 7 heteroatoms. The van der Waals surface area contributed by atoms with Crippen LogP contribution in [0.2, 0.25) is 0 Å². The van der Waals surface area contributed by atoms with E-state index in [9.17, 15) is 14.0 Å². The summed E-state index contributed by atoms with van der Waals surface area (Å²) in [5, 5.41) is 5.60. The summed E-state index contributed by atoms with van der Waals surface area (Å²) in [6.45, 7) is 1.14. The number of hydrogen-bond acceptors (Lipinski definition) is 3. The molecular weight excluding hydrogens is 335 g/mol. The van der Waals surface area contributed by atoms with Gasteiger partial charge in [0.1, 0.15) is 5.82 Å². The molecule has 0 unspecified atom stereocenters. The van der Waals surface area contributed by atoms with Gasteiger partial charge < -0.3 is 15.5 Å². The van der Waals surface area contributed by atoms with Crippen LogP contribution in [0.4, 0.5) is 20.6 Å². The van der Waals surface area contributed by atoms with E-state index >= 15 is 0 Å². The maximum atomic E-state index is 13.2. The number of aromatic nitrogens is 1. The molecule has 1 aromatic carbocycles. The molecule has 2 aromatic rings. The van der Waals surface area contributed by atoms with E-state index in [1.165, 1.54) is 12.1 Å². The van der Waals surface area contributed by atoms with Crippen LogP contribution < -0.4 is 10.6 Å². The number of hydrogen-bond donors (Lipinski definition) is 2. The topological polar surface area (TPSA) is 74.3 Å². The molecule has 1 spiro atoms. The van der Waals surface area contributed by atoms with Gasteiger partial charge >= 0.3 is 6.03 Å². The Kier molecular flexibility index (Phi) is 4.06. The fourth-order valence-electron chi connectivity index (χ4n) is 3.67. The summed E-state index contributed by atoms with van der Waals surface area (Å²) in [5.74, 6) is -0.505. The van der Waals surface area contributed by atoms with Crippen molar-refractivity contribution < 1.29 is 14.0 Å². The van der Waals surface area contributed by atoms with Crippen molar-refractivity contribution in [3.63, 3.8) is 0 Å². The molecule has 1 aliphatic heterocycles. The molecule has 134 valence electrons. The Morgan fingerprint density at radius 2 is 2.04 bits per heavy atom. The van der Waals surface area contributed by atoms with Gasteiger partial charge in [0, 0.05) is 36.3 Å². The Hall–Kier alpha value is -2.96. The van der Waals surface area contributed by atoms with Crippen molar-refractivity contribution in [3.05, 3.63) is 54.6 Å². The Morgan fingerprint density at radius 3 is 2.81 bits per heavy atom. The van der Waals surface area contributed by atoms with Gasteiger partial charge in [0.15, 0.2) is 0 Å². The van der Waals surface area contributed by atoms with E-state index in [1.807, 2.05) is 0 Å². The minimum Gasteiger partial charge on any atom is -0.324 e. The summed E-state index contributed by atoms with van der Waals surface area (Å²) in [4.78, 5) is 30.5. The van der Waals surface area contributed by atoms with Crippen molar-refractivity contribution in [1.82, 2.24) is 9.88 Å². The minimum absolute atomic E-state index is 0.0228. The monoisotopic (exact) mass is 354 g/mol. The van der Waals surface area contributed by atoms with E-state index in [-0.39, 0.29) is 23.3 Å². The highest BCUT2D eigenvalue weighted by atomic mass is 19.1. The largest absolute Gasteiger partial charge is 0.324 e. The third-order valence-electron chi connectivity index (χ3n) is 5.18. The lowest BCUT2D eigenvalue weighted by atomic mass is 10.0. The summed E-state index contributed by atoms with van der Waals surface area (Å²) in [5.41, 5.74) is 0.974. The maximum Gasteiger partial charge on any atom is 0.321 e. The molecule has 0 radical (unpaired) electrons. The number of halogens is 1. The molecule has 3 amide bonds. The molecule has 1 saturated heterocycles. The molecule has 4 rings (SSSR count). The molecule has 1 aromatic heterocycles. The van der Waals surface area contributed by atoms with Crippen molar-refractivity contribution >= 4 is 23.3 Å². The molecule has 1 aliphatic carbocycles. The first-order valence-electron chi connectivity index (χ1n) is 8.58. The second-order valence-corrected chi connectivity index (χ2v) is 6.96. The zero-order valence-electron chi connectivity index (χ0n) is 14.1. The third kappa shape index (κ3) is 3.24. The zero-order chi connectivity index (χ0) is 18.1. The molecule has 2 atom stereocenters. The molecule has 2 aliphatic rings. The fourth-order valence-corrected chi connectivity index (χ4v) is 3.67. The Bertz CT molecular complexity index is 844. The van der Waals surface area contributed by atoms with Gasteiger partial charge in [-0.15, -0.1) is 0 Å². The van der Waals surface area contributed by atoms with Gasteiger partial charge in [-0.2, -0.15) is 0 Å². The molecule has 2 N–H and O–H groups in total. The number of urea groups is 1. The number of nitrogens with zero attached hydrogens (tertiary/aromatic N) is 2. The summed E-state index contributed by atoms with van der Waals surface area (Å²) in [7, 11) is 0. The average molecular weight is 354 g/mol. The Labute approximate surface area is 150 Å². The molecular formula is C19H19FN4O2. The van der Waals surface area contributed by atoms with Crippen LogP contribution in [0, 0.1) is 17.2 Å². The number of carbonyl (C=O) groups excluding carboxylic acids is 2. The Morgan fingerprint density at radius 1 is 1.19 bits per heavy atom. The normalized spacial score (nSPS) is 23.7. The lowest BCUT2D eigenvalue weighted by Gasteiger charge is -2.17. The quantitative estimate of drug-likeness (QED) is 0.889. The van der Waals surface area contributed by atoms with Gasteiger partial charge in [-0.3, -0.25) is 9.78 Å². The van der Waals surface area contributed by atoms with Gasteiger partial charge in [-0.05, 0) is 43.2 Å². The van der Waals surface area contributed by atoms with Crippen molar-refractivity contribution in [2.24, 2.45) is 11.3 Å². The summed E-state index contributed by atoms with van der Waals surface area (Å²) >= 11 is 0. The SMILES string of the molecule is O=C(Nc1cccnc1)[C@H]1C[C@]12CCN(C(=O)Nc1cccc(F)c1)C2. The highest BCUT2D eigenvalue weighted by Gasteiger charge is 2.61. The summed E-state index contributed by atoms with van der Waals surface area (Å²) in [6.07, 6.45) is 4.85.